The average molecular weight is 325 g/mol. The molecule has 118 valence electrons. The maximum Gasteiger partial charge on any atom is 0.240 e. The summed E-state index contributed by atoms with van der Waals surface area (Å²) in [6.45, 7) is 1.74. The van der Waals surface area contributed by atoms with Crippen LogP contribution >= 0.6 is 0 Å². The van der Waals surface area contributed by atoms with Crippen molar-refractivity contribution < 1.29 is 17.2 Å². The van der Waals surface area contributed by atoms with E-state index in [0.29, 0.717) is 12.5 Å². The third-order valence-corrected chi connectivity index (χ3v) is 4.85. The minimum absolute atomic E-state index is 0.280. The standard InChI is InChI=1S/C16H17F2NO2S/c1-12(7-8-13-5-3-2-4-6-13)19-22(20,21)14-9-10-15(17)16(18)11-14/h2-6,9-12,19H,7-8H2,1H3. The van der Waals surface area contributed by atoms with Gasteiger partial charge in [-0.25, -0.2) is 21.9 Å². The SMILES string of the molecule is CC(CCc1ccccc1)NS(=O)(=O)c1ccc(F)c(F)c1. The van der Waals surface area contributed by atoms with Gasteiger partial charge in [0.05, 0.1) is 4.90 Å². The maximum absolute atomic E-state index is 13.1. The molecule has 0 radical (unpaired) electrons. The lowest BCUT2D eigenvalue weighted by Crippen LogP contribution is -2.33. The van der Waals surface area contributed by atoms with Gasteiger partial charge in [0.1, 0.15) is 0 Å². The summed E-state index contributed by atoms with van der Waals surface area (Å²) < 4.78 is 52.7. The van der Waals surface area contributed by atoms with Crippen LogP contribution in [0.25, 0.3) is 0 Å². The molecular weight excluding hydrogens is 308 g/mol. The monoisotopic (exact) mass is 325 g/mol. The summed E-state index contributed by atoms with van der Waals surface area (Å²) >= 11 is 0. The Labute approximate surface area is 129 Å². The van der Waals surface area contributed by atoms with Crippen LogP contribution in [-0.4, -0.2) is 14.5 Å². The highest BCUT2D eigenvalue weighted by molar-refractivity contribution is 7.89. The van der Waals surface area contributed by atoms with E-state index in [1.165, 1.54) is 0 Å². The van der Waals surface area contributed by atoms with Gasteiger partial charge in [-0.1, -0.05) is 30.3 Å². The summed E-state index contributed by atoms with van der Waals surface area (Å²) in [5.41, 5.74) is 1.11. The smallest absolute Gasteiger partial charge is 0.208 e. The van der Waals surface area contributed by atoms with Crippen LogP contribution in [0.4, 0.5) is 8.78 Å². The first-order chi connectivity index (χ1) is 10.4. The summed E-state index contributed by atoms with van der Waals surface area (Å²) in [6, 6.07) is 11.9. The Hall–Kier alpha value is -1.79. The minimum Gasteiger partial charge on any atom is -0.208 e. The number of sulfonamides is 1. The molecule has 1 unspecified atom stereocenters. The van der Waals surface area contributed by atoms with Crippen molar-refractivity contribution in [3.05, 3.63) is 65.7 Å². The number of nitrogens with one attached hydrogen (secondary N) is 1. The van der Waals surface area contributed by atoms with Crippen LogP contribution in [0.1, 0.15) is 18.9 Å². The molecule has 0 amide bonds. The third-order valence-electron chi connectivity index (χ3n) is 3.27. The lowest BCUT2D eigenvalue weighted by atomic mass is 10.1. The maximum atomic E-state index is 13.1. The van der Waals surface area contributed by atoms with Gasteiger partial charge in [0.2, 0.25) is 10.0 Å². The van der Waals surface area contributed by atoms with Crippen LogP contribution in [0.3, 0.4) is 0 Å². The van der Waals surface area contributed by atoms with E-state index in [9.17, 15) is 17.2 Å². The van der Waals surface area contributed by atoms with Gasteiger partial charge in [-0.15, -0.1) is 0 Å². The highest BCUT2D eigenvalue weighted by atomic mass is 32.2. The van der Waals surface area contributed by atoms with Crippen LogP contribution in [-0.2, 0) is 16.4 Å². The molecule has 3 nitrogen and oxygen atoms in total. The molecule has 0 fully saturated rings. The van der Waals surface area contributed by atoms with Gasteiger partial charge < -0.3 is 0 Å². The van der Waals surface area contributed by atoms with E-state index in [2.05, 4.69) is 4.72 Å². The average Bonchev–Trinajstić information content (AvgIpc) is 2.48. The minimum atomic E-state index is -3.86. The van der Waals surface area contributed by atoms with Gasteiger partial charge in [0.25, 0.3) is 0 Å². The lowest BCUT2D eigenvalue weighted by molar-refractivity contribution is 0.503. The van der Waals surface area contributed by atoms with E-state index in [1.54, 1.807) is 6.92 Å². The van der Waals surface area contributed by atoms with Crippen molar-refractivity contribution in [3.63, 3.8) is 0 Å². The van der Waals surface area contributed by atoms with Crippen molar-refractivity contribution in [1.29, 1.82) is 0 Å². The number of hydrogen-bond acceptors (Lipinski definition) is 2. The molecule has 0 aliphatic rings. The molecular formula is C16H17F2NO2S. The van der Waals surface area contributed by atoms with Gasteiger partial charge in [0.15, 0.2) is 11.6 Å². The second-order valence-electron chi connectivity index (χ2n) is 5.12. The highest BCUT2D eigenvalue weighted by Gasteiger charge is 2.19. The first kappa shape index (κ1) is 16.6. The first-order valence-electron chi connectivity index (χ1n) is 6.90. The molecule has 0 aromatic heterocycles. The normalized spacial score (nSPS) is 13.0. The summed E-state index contributed by atoms with van der Waals surface area (Å²) in [5, 5.41) is 0. The summed E-state index contributed by atoms with van der Waals surface area (Å²) in [4.78, 5) is -0.280. The van der Waals surface area contributed by atoms with Crippen molar-refractivity contribution in [2.75, 3.05) is 0 Å². The molecule has 0 spiro atoms. The predicted molar refractivity (Wildman–Crippen MR) is 80.9 cm³/mol. The number of hydrogen-bond donors (Lipinski definition) is 1. The Morgan fingerprint density at radius 1 is 1.05 bits per heavy atom. The molecule has 0 bridgehead atoms. The van der Waals surface area contributed by atoms with Crippen molar-refractivity contribution in [2.24, 2.45) is 0 Å². The summed E-state index contributed by atoms with van der Waals surface area (Å²) in [6.07, 6.45) is 1.33. The fraction of sp³-hybridized carbons (Fsp3) is 0.250. The number of halogens is 2. The van der Waals surface area contributed by atoms with Crippen LogP contribution in [0, 0.1) is 11.6 Å². The second kappa shape index (κ2) is 6.98. The van der Waals surface area contributed by atoms with Gasteiger partial charge in [0, 0.05) is 6.04 Å². The van der Waals surface area contributed by atoms with Crippen LogP contribution in [0.5, 0.6) is 0 Å². The van der Waals surface area contributed by atoms with E-state index >= 15 is 0 Å². The molecule has 0 aliphatic carbocycles. The van der Waals surface area contributed by atoms with Crippen LogP contribution in [0.2, 0.25) is 0 Å². The number of aryl methyl sites for hydroxylation is 1. The van der Waals surface area contributed by atoms with Gasteiger partial charge >= 0.3 is 0 Å². The first-order valence-corrected chi connectivity index (χ1v) is 8.38. The second-order valence-corrected chi connectivity index (χ2v) is 6.84. The van der Waals surface area contributed by atoms with Crippen molar-refractivity contribution >= 4 is 10.0 Å². The number of benzene rings is 2. The zero-order valence-corrected chi connectivity index (χ0v) is 12.9. The molecule has 2 rings (SSSR count). The zero-order chi connectivity index (χ0) is 16.2. The largest absolute Gasteiger partial charge is 0.240 e. The molecule has 0 heterocycles. The molecule has 2 aromatic rings. The molecule has 0 saturated heterocycles. The quantitative estimate of drug-likeness (QED) is 0.886. The Balaban J connectivity index is 2.00. The topological polar surface area (TPSA) is 46.2 Å². The van der Waals surface area contributed by atoms with Crippen molar-refractivity contribution in [3.8, 4) is 0 Å². The highest BCUT2D eigenvalue weighted by Crippen LogP contribution is 2.15. The van der Waals surface area contributed by atoms with E-state index < -0.39 is 21.7 Å². The van der Waals surface area contributed by atoms with E-state index in [0.717, 1.165) is 24.1 Å². The molecule has 0 saturated carbocycles. The van der Waals surface area contributed by atoms with Gasteiger partial charge in [-0.3, -0.25) is 0 Å². The van der Waals surface area contributed by atoms with E-state index in [-0.39, 0.29) is 10.9 Å². The Morgan fingerprint density at radius 3 is 2.36 bits per heavy atom. The van der Waals surface area contributed by atoms with E-state index in [1.807, 2.05) is 30.3 Å². The van der Waals surface area contributed by atoms with Gasteiger partial charge in [-0.2, -0.15) is 0 Å². The summed E-state index contributed by atoms with van der Waals surface area (Å²) in [5.74, 6) is -2.25. The predicted octanol–water partition coefficient (Wildman–Crippen LogP) is 3.26. The third kappa shape index (κ3) is 4.35. The fourth-order valence-electron chi connectivity index (χ4n) is 2.06. The molecule has 1 N–H and O–H groups in total. The zero-order valence-electron chi connectivity index (χ0n) is 12.1. The van der Waals surface area contributed by atoms with Crippen molar-refractivity contribution in [2.45, 2.75) is 30.7 Å². The number of rotatable bonds is 6. The van der Waals surface area contributed by atoms with E-state index in [4.69, 9.17) is 0 Å². The van der Waals surface area contributed by atoms with Gasteiger partial charge in [-0.05, 0) is 43.5 Å². The molecule has 6 heteroatoms. The van der Waals surface area contributed by atoms with Crippen molar-refractivity contribution in [1.82, 2.24) is 4.72 Å². The molecule has 1 atom stereocenters. The van der Waals surface area contributed by atoms with Crippen LogP contribution < -0.4 is 4.72 Å². The molecule has 2 aromatic carbocycles. The Morgan fingerprint density at radius 2 is 1.73 bits per heavy atom. The Kier molecular flexibility index (Phi) is 5.26. The molecule has 22 heavy (non-hydrogen) atoms. The summed E-state index contributed by atoms with van der Waals surface area (Å²) in [7, 11) is -3.86. The molecule has 0 aliphatic heterocycles. The fourth-order valence-corrected chi connectivity index (χ4v) is 3.35. The van der Waals surface area contributed by atoms with Crippen LogP contribution in [0.15, 0.2) is 53.4 Å². The Bertz CT molecular complexity index is 733. The lowest BCUT2D eigenvalue weighted by Gasteiger charge is -2.14.